The molecular weight excluding hydrogens is 142 g/mol. The first-order valence-electron chi connectivity index (χ1n) is 3.29. The van der Waals surface area contributed by atoms with Crippen molar-refractivity contribution < 1.29 is 9.09 Å². The van der Waals surface area contributed by atoms with Gasteiger partial charge in [-0.15, -0.1) is 0 Å². The van der Waals surface area contributed by atoms with Crippen molar-refractivity contribution in [2.24, 2.45) is 0 Å². The third kappa shape index (κ3) is 0.756. The zero-order valence-corrected chi connectivity index (χ0v) is 6.11. The second-order valence-electron chi connectivity index (χ2n) is 2.33. The van der Waals surface area contributed by atoms with Crippen molar-refractivity contribution in [3.63, 3.8) is 0 Å². The molecule has 0 aliphatic carbocycles. The van der Waals surface area contributed by atoms with Crippen LogP contribution in [-0.4, -0.2) is 4.98 Å². The van der Waals surface area contributed by atoms with Crippen LogP contribution in [0.15, 0.2) is 22.9 Å². The third-order valence-corrected chi connectivity index (χ3v) is 1.62. The smallest absolute Gasteiger partial charge is 0.373 e. The van der Waals surface area contributed by atoms with Crippen LogP contribution in [0.4, 0.5) is 0 Å². The number of rotatable bonds is 0. The molecule has 0 radical (unpaired) electrons. The van der Waals surface area contributed by atoms with Crippen molar-refractivity contribution in [2.45, 2.75) is 6.92 Å². The van der Waals surface area contributed by atoms with Crippen molar-refractivity contribution in [1.29, 1.82) is 0 Å². The van der Waals surface area contributed by atoms with E-state index in [4.69, 9.17) is 10.3 Å². The first-order chi connectivity index (χ1) is 5.29. The van der Waals surface area contributed by atoms with Crippen molar-refractivity contribution >= 4 is 11.1 Å². The highest BCUT2D eigenvalue weighted by Gasteiger charge is 2.14. The number of hydrogen-bond acceptors (Lipinski definition) is 3. The Kier molecular flexibility index (Phi) is 1.09. The van der Waals surface area contributed by atoms with Gasteiger partial charge in [0.25, 0.3) is 5.52 Å². The number of nitrogen functional groups attached to an aromatic ring is 1. The summed E-state index contributed by atoms with van der Waals surface area (Å²) in [6, 6.07) is 1.81. The van der Waals surface area contributed by atoms with E-state index < -0.39 is 0 Å². The van der Waals surface area contributed by atoms with Gasteiger partial charge in [-0.1, -0.05) is 0 Å². The van der Waals surface area contributed by atoms with E-state index in [-0.39, 0.29) is 0 Å². The minimum atomic E-state index is 0.674. The standard InChI is InChI=1S/C7H8N3O/c1-5-10(8)6-2-3-9-4-7(6)11-5/h2-4H,8H2,1H3/q+1. The van der Waals surface area contributed by atoms with Crippen LogP contribution in [0, 0.1) is 6.92 Å². The highest BCUT2D eigenvalue weighted by atomic mass is 16.4. The summed E-state index contributed by atoms with van der Waals surface area (Å²) < 4.78 is 6.77. The summed E-state index contributed by atoms with van der Waals surface area (Å²) >= 11 is 0. The number of nitrogens with two attached hydrogens (primary N) is 1. The van der Waals surface area contributed by atoms with E-state index in [1.54, 1.807) is 19.3 Å². The molecule has 2 rings (SSSR count). The Hall–Kier alpha value is -1.58. The summed E-state index contributed by atoms with van der Waals surface area (Å²) in [5, 5.41) is 0. The van der Waals surface area contributed by atoms with Crippen molar-refractivity contribution in [3.8, 4) is 0 Å². The maximum atomic E-state index is 5.63. The quantitative estimate of drug-likeness (QED) is 0.429. The first-order valence-corrected chi connectivity index (χ1v) is 3.29. The minimum absolute atomic E-state index is 0.674. The zero-order chi connectivity index (χ0) is 7.84. The lowest BCUT2D eigenvalue weighted by Gasteiger charge is -1.78. The summed E-state index contributed by atoms with van der Waals surface area (Å²) in [4.78, 5) is 3.90. The number of hydrogen-bond donors (Lipinski definition) is 1. The monoisotopic (exact) mass is 150 g/mol. The largest absolute Gasteiger partial charge is 0.398 e. The molecule has 0 aliphatic heterocycles. The molecule has 0 atom stereocenters. The molecular formula is C7H8N3O+. The first kappa shape index (κ1) is 6.15. The van der Waals surface area contributed by atoms with Crippen LogP contribution in [0.25, 0.3) is 11.1 Å². The highest BCUT2D eigenvalue weighted by molar-refractivity contribution is 5.66. The molecule has 0 saturated heterocycles. The molecule has 0 aromatic carbocycles. The van der Waals surface area contributed by atoms with Gasteiger partial charge in [0.15, 0.2) is 0 Å². The summed E-state index contributed by atoms with van der Waals surface area (Å²) in [5.74, 6) is 6.31. The number of nitrogens with zero attached hydrogens (tertiary/aromatic N) is 2. The molecule has 2 N–H and O–H groups in total. The van der Waals surface area contributed by atoms with Crippen LogP contribution in [-0.2, 0) is 0 Å². The van der Waals surface area contributed by atoms with Gasteiger partial charge in [-0.2, -0.15) is 0 Å². The predicted octanol–water partition coefficient (Wildman–Crippen LogP) is 0.138. The van der Waals surface area contributed by atoms with Gasteiger partial charge in [-0.3, -0.25) is 4.98 Å². The van der Waals surface area contributed by atoms with Crippen LogP contribution in [0.3, 0.4) is 0 Å². The van der Waals surface area contributed by atoms with E-state index in [1.807, 2.05) is 6.07 Å². The maximum Gasteiger partial charge on any atom is 0.373 e. The van der Waals surface area contributed by atoms with E-state index in [0.29, 0.717) is 11.5 Å². The molecule has 2 aromatic rings. The number of pyridine rings is 1. The summed E-state index contributed by atoms with van der Waals surface area (Å²) in [5.41, 5.74) is 1.57. The molecule has 0 amide bonds. The molecule has 0 fully saturated rings. The van der Waals surface area contributed by atoms with E-state index >= 15 is 0 Å². The van der Waals surface area contributed by atoms with Gasteiger partial charge in [0, 0.05) is 12.3 Å². The van der Waals surface area contributed by atoms with E-state index in [1.165, 1.54) is 4.68 Å². The van der Waals surface area contributed by atoms with Crippen LogP contribution >= 0.6 is 0 Å². The number of oxazole rings is 1. The van der Waals surface area contributed by atoms with Gasteiger partial charge in [0.2, 0.25) is 5.58 Å². The average Bonchev–Trinajstić information content (AvgIpc) is 2.30. The predicted molar refractivity (Wildman–Crippen MR) is 39.1 cm³/mol. The Morgan fingerprint density at radius 3 is 3.18 bits per heavy atom. The van der Waals surface area contributed by atoms with Crippen LogP contribution in [0.2, 0.25) is 0 Å². The van der Waals surface area contributed by atoms with E-state index in [2.05, 4.69) is 4.98 Å². The fourth-order valence-electron chi connectivity index (χ4n) is 1.03. The molecule has 0 bridgehead atoms. The molecule has 0 aliphatic rings. The van der Waals surface area contributed by atoms with Crippen molar-refractivity contribution in [1.82, 2.24) is 4.98 Å². The normalized spacial score (nSPS) is 10.6. The molecule has 0 unspecified atom stereocenters. The Morgan fingerprint density at radius 1 is 1.64 bits per heavy atom. The Balaban J connectivity index is 2.92. The number of aromatic nitrogens is 2. The third-order valence-electron chi connectivity index (χ3n) is 1.62. The van der Waals surface area contributed by atoms with Gasteiger partial charge in [0.05, 0.1) is 13.1 Å². The SMILES string of the molecule is Cc1oc2cnccc2[n+]1N. The fraction of sp³-hybridized carbons (Fsp3) is 0.143. The van der Waals surface area contributed by atoms with Crippen LogP contribution < -0.4 is 10.5 Å². The molecule has 2 aromatic heterocycles. The van der Waals surface area contributed by atoms with E-state index in [9.17, 15) is 0 Å². The van der Waals surface area contributed by atoms with E-state index in [0.717, 1.165) is 5.52 Å². The van der Waals surface area contributed by atoms with Crippen LogP contribution in [0.5, 0.6) is 0 Å². The molecule has 11 heavy (non-hydrogen) atoms. The maximum absolute atomic E-state index is 5.63. The van der Waals surface area contributed by atoms with Gasteiger partial charge < -0.3 is 4.42 Å². The average molecular weight is 150 g/mol. The molecule has 2 heterocycles. The fourth-order valence-corrected chi connectivity index (χ4v) is 1.03. The number of fused-ring (bicyclic) bond motifs is 1. The molecule has 56 valence electrons. The van der Waals surface area contributed by atoms with Gasteiger partial charge in [-0.25, -0.2) is 5.84 Å². The topological polar surface area (TPSA) is 55.9 Å². The number of aryl methyl sites for hydroxylation is 1. The van der Waals surface area contributed by atoms with Gasteiger partial charge in [0.1, 0.15) is 0 Å². The summed E-state index contributed by atoms with van der Waals surface area (Å²) in [6.07, 6.45) is 3.33. The lowest BCUT2D eigenvalue weighted by Crippen LogP contribution is -2.45. The van der Waals surface area contributed by atoms with Crippen molar-refractivity contribution in [2.75, 3.05) is 5.84 Å². The Morgan fingerprint density at radius 2 is 2.45 bits per heavy atom. The summed E-state index contributed by atoms with van der Waals surface area (Å²) in [6.45, 7) is 1.81. The van der Waals surface area contributed by atoms with Gasteiger partial charge >= 0.3 is 5.89 Å². The summed E-state index contributed by atoms with van der Waals surface area (Å²) in [7, 11) is 0. The lowest BCUT2D eigenvalue weighted by atomic mass is 10.4. The zero-order valence-electron chi connectivity index (χ0n) is 6.11. The Bertz CT molecular complexity index is 393. The Labute approximate surface area is 63.2 Å². The van der Waals surface area contributed by atoms with Gasteiger partial charge in [-0.05, 0) is 4.68 Å². The van der Waals surface area contributed by atoms with Crippen LogP contribution in [0.1, 0.15) is 5.89 Å². The van der Waals surface area contributed by atoms with Crippen molar-refractivity contribution in [3.05, 3.63) is 24.4 Å². The molecule has 4 nitrogen and oxygen atoms in total. The molecule has 0 saturated carbocycles. The second kappa shape index (κ2) is 1.95. The lowest BCUT2D eigenvalue weighted by molar-refractivity contribution is -0.624. The molecule has 4 heteroatoms. The second-order valence-corrected chi connectivity index (χ2v) is 2.33. The minimum Gasteiger partial charge on any atom is -0.398 e. The molecule has 0 spiro atoms. The highest BCUT2D eigenvalue weighted by Crippen LogP contribution is 2.08.